The fourth-order valence-electron chi connectivity index (χ4n) is 2.88. The molecule has 0 unspecified atom stereocenters. The van der Waals surface area contributed by atoms with Crippen LogP contribution in [0.25, 0.3) is 0 Å². The van der Waals surface area contributed by atoms with Crippen LogP contribution in [0.15, 0.2) is 18.2 Å². The van der Waals surface area contributed by atoms with Gasteiger partial charge in [-0.05, 0) is 47.8 Å². The summed E-state index contributed by atoms with van der Waals surface area (Å²) in [6.45, 7) is 13.3. The number of hydrogen-bond donors (Lipinski definition) is 0. The predicted octanol–water partition coefficient (Wildman–Crippen LogP) is 4.02. The van der Waals surface area contributed by atoms with Crippen LogP contribution < -0.4 is 0 Å². The third-order valence-corrected chi connectivity index (χ3v) is 5.14. The van der Waals surface area contributed by atoms with E-state index in [1.165, 1.54) is 11.1 Å². The van der Waals surface area contributed by atoms with Crippen LogP contribution in [-0.2, 0) is 22.0 Å². The first kappa shape index (κ1) is 13.3. The van der Waals surface area contributed by atoms with Gasteiger partial charge in [-0.3, -0.25) is 0 Å². The largest absolute Gasteiger partial charge is 0.302 e. The summed E-state index contributed by atoms with van der Waals surface area (Å²) in [6.07, 6.45) is 2.14. The van der Waals surface area contributed by atoms with Gasteiger partial charge in [0.1, 0.15) is 6.29 Å². The zero-order valence-electron chi connectivity index (χ0n) is 12.4. The fourth-order valence-corrected chi connectivity index (χ4v) is 2.88. The average Bonchev–Trinajstić information content (AvgIpc) is 2.45. The first-order valence-electron chi connectivity index (χ1n) is 6.72. The van der Waals surface area contributed by atoms with Crippen LogP contribution in [0, 0.1) is 5.41 Å². The summed E-state index contributed by atoms with van der Waals surface area (Å²) in [6, 6.07) is 6.58. The maximum atomic E-state index is 11.2. The first-order chi connectivity index (χ1) is 8.12. The summed E-state index contributed by atoms with van der Waals surface area (Å²) in [7, 11) is 0. The quantitative estimate of drug-likeness (QED) is 0.718. The maximum absolute atomic E-state index is 11.2. The molecule has 0 aliphatic heterocycles. The molecular formula is C17H24O. The minimum atomic E-state index is -0.383. The van der Waals surface area contributed by atoms with Crippen molar-refractivity contribution in [2.75, 3.05) is 0 Å². The SMILES string of the molecule is CC(C)(C=O)c1ccc2c(c1)CC(C)(C)C2(C)C. The second-order valence-electron chi connectivity index (χ2n) is 7.40. The highest BCUT2D eigenvalue weighted by atomic mass is 16.1. The van der Waals surface area contributed by atoms with Crippen molar-refractivity contribution in [2.24, 2.45) is 5.41 Å². The number of hydrogen-bond acceptors (Lipinski definition) is 1. The van der Waals surface area contributed by atoms with Gasteiger partial charge in [-0.2, -0.15) is 0 Å². The lowest BCUT2D eigenvalue weighted by Crippen LogP contribution is -2.32. The third-order valence-electron chi connectivity index (χ3n) is 5.14. The Morgan fingerprint density at radius 1 is 1.17 bits per heavy atom. The lowest BCUT2D eigenvalue weighted by Gasteiger charge is -2.35. The Morgan fingerprint density at radius 3 is 2.33 bits per heavy atom. The molecule has 0 saturated carbocycles. The van der Waals surface area contributed by atoms with Crippen LogP contribution in [0.2, 0.25) is 0 Å². The van der Waals surface area contributed by atoms with E-state index in [2.05, 4.69) is 45.9 Å². The van der Waals surface area contributed by atoms with Crippen LogP contribution in [0.3, 0.4) is 0 Å². The molecular weight excluding hydrogens is 220 g/mol. The molecule has 1 aliphatic carbocycles. The molecule has 0 radical (unpaired) electrons. The molecule has 1 heteroatoms. The highest BCUT2D eigenvalue weighted by Crippen LogP contribution is 2.51. The van der Waals surface area contributed by atoms with Gasteiger partial charge in [0.25, 0.3) is 0 Å². The number of rotatable bonds is 2. The van der Waals surface area contributed by atoms with E-state index in [1.807, 2.05) is 13.8 Å². The Morgan fingerprint density at radius 2 is 1.78 bits per heavy atom. The number of aldehydes is 1. The molecule has 0 bridgehead atoms. The van der Waals surface area contributed by atoms with E-state index in [0.29, 0.717) is 0 Å². The molecule has 18 heavy (non-hydrogen) atoms. The summed E-state index contributed by atoms with van der Waals surface area (Å²) < 4.78 is 0. The Kier molecular flexibility index (Phi) is 2.73. The van der Waals surface area contributed by atoms with E-state index in [1.54, 1.807) is 0 Å². The Hall–Kier alpha value is -1.11. The molecule has 98 valence electrons. The molecule has 0 heterocycles. The van der Waals surface area contributed by atoms with Gasteiger partial charge < -0.3 is 4.79 Å². The second-order valence-corrected chi connectivity index (χ2v) is 7.40. The van der Waals surface area contributed by atoms with Crippen molar-refractivity contribution in [1.82, 2.24) is 0 Å². The monoisotopic (exact) mass is 244 g/mol. The highest BCUT2D eigenvalue weighted by molar-refractivity contribution is 5.67. The van der Waals surface area contributed by atoms with Crippen molar-refractivity contribution < 1.29 is 4.79 Å². The topological polar surface area (TPSA) is 17.1 Å². The summed E-state index contributed by atoms with van der Waals surface area (Å²) in [5.41, 5.74) is 4.08. The molecule has 1 aliphatic rings. The van der Waals surface area contributed by atoms with Gasteiger partial charge >= 0.3 is 0 Å². The molecule has 0 aromatic heterocycles. The molecule has 0 atom stereocenters. The molecule has 1 aromatic rings. The molecule has 0 amide bonds. The Bertz CT molecular complexity index is 492. The normalized spacial score (nSPS) is 20.6. The first-order valence-corrected chi connectivity index (χ1v) is 6.72. The zero-order valence-corrected chi connectivity index (χ0v) is 12.4. The molecule has 0 N–H and O–H groups in total. The van der Waals surface area contributed by atoms with Gasteiger partial charge in [0.15, 0.2) is 0 Å². The molecule has 1 nitrogen and oxygen atoms in total. The Balaban J connectivity index is 2.54. The van der Waals surface area contributed by atoms with Crippen LogP contribution >= 0.6 is 0 Å². The van der Waals surface area contributed by atoms with Crippen LogP contribution in [0.5, 0.6) is 0 Å². The van der Waals surface area contributed by atoms with E-state index in [4.69, 9.17) is 0 Å². The van der Waals surface area contributed by atoms with Crippen molar-refractivity contribution in [2.45, 2.75) is 58.8 Å². The lowest BCUT2D eigenvalue weighted by atomic mass is 9.69. The van der Waals surface area contributed by atoms with Gasteiger partial charge in [0.2, 0.25) is 0 Å². The number of carbonyl (C=O) groups is 1. The minimum Gasteiger partial charge on any atom is -0.302 e. The van der Waals surface area contributed by atoms with E-state index >= 15 is 0 Å². The lowest BCUT2D eigenvalue weighted by molar-refractivity contribution is -0.111. The van der Waals surface area contributed by atoms with Crippen molar-refractivity contribution in [1.29, 1.82) is 0 Å². The standard InChI is InChI=1S/C17H24O/c1-15(2,11-18)13-7-8-14-12(9-13)10-16(3,4)17(14,5)6/h7-9,11H,10H2,1-6H3. The molecule has 1 aromatic carbocycles. The van der Waals surface area contributed by atoms with Crippen molar-refractivity contribution in [3.8, 4) is 0 Å². The highest BCUT2D eigenvalue weighted by Gasteiger charge is 2.45. The predicted molar refractivity (Wildman–Crippen MR) is 76.0 cm³/mol. The number of benzene rings is 1. The molecule has 0 spiro atoms. The van der Waals surface area contributed by atoms with Gasteiger partial charge in [0, 0.05) is 5.41 Å². The number of carbonyl (C=O) groups excluding carboxylic acids is 1. The fraction of sp³-hybridized carbons (Fsp3) is 0.588. The Labute approximate surface area is 111 Å². The van der Waals surface area contributed by atoms with Crippen molar-refractivity contribution in [3.05, 3.63) is 34.9 Å². The van der Waals surface area contributed by atoms with E-state index < -0.39 is 0 Å². The summed E-state index contributed by atoms with van der Waals surface area (Å²) >= 11 is 0. The van der Waals surface area contributed by atoms with Gasteiger partial charge in [0.05, 0.1) is 0 Å². The van der Waals surface area contributed by atoms with E-state index in [-0.39, 0.29) is 16.2 Å². The molecule has 0 saturated heterocycles. The molecule has 0 fully saturated rings. The summed E-state index contributed by atoms with van der Waals surface area (Å²) in [5, 5.41) is 0. The molecule has 2 rings (SSSR count). The van der Waals surface area contributed by atoms with Crippen molar-refractivity contribution in [3.63, 3.8) is 0 Å². The minimum absolute atomic E-state index is 0.201. The summed E-state index contributed by atoms with van der Waals surface area (Å²) in [5.74, 6) is 0. The third kappa shape index (κ3) is 1.72. The van der Waals surface area contributed by atoms with Crippen LogP contribution in [0.1, 0.15) is 58.2 Å². The van der Waals surface area contributed by atoms with Crippen LogP contribution in [-0.4, -0.2) is 6.29 Å². The van der Waals surface area contributed by atoms with Gasteiger partial charge in [-0.15, -0.1) is 0 Å². The van der Waals surface area contributed by atoms with Gasteiger partial charge in [-0.25, -0.2) is 0 Å². The van der Waals surface area contributed by atoms with E-state index in [9.17, 15) is 4.79 Å². The smallest absolute Gasteiger partial charge is 0.129 e. The average molecular weight is 244 g/mol. The zero-order chi connectivity index (χ0) is 13.8. The van der Waals surface area contributed by atoms with Gasteiger partial charge in [-0.1, -0.05) is 45.9 Å². The van der Waals surface area contributed by atoms with Crippen LogP contribution in [0.4, 0.5) is 0 Å². The summed E-state index contributed by atoms with van der Waals surface area (Å²) in [4.78, 5) is 11.2. The van der Waals surface area contributed by atoms with Crippen molar-refractivity contribution >= 4 is 6.29 Å². The second kappa shape index (κ2) is 3.69. The maximum Gasteiger partial charge on any atom is 0.129 e. The number of fused-ring (bicyclic) bond motifs is 1. The van der Waals surface area contributed by atoms with E-state index in [0.717, 1.165) is 18.3 Å².